The molecule has 0 amide bonds. The van der Waals surface area contributed by atoms with Crippen molar-refractivity contribution in [1.82, 2.24) is 0 Å². The van der Waals surface area contributed by atoms with E-state index in [2.05, 4.69) is 0 Å². The highest BCUT2D eigenvalue weighted by Gasteiger charge is 2.34. The molecule has 0 atom stereocenters. The Bertz CT molecular complexity index is 1300. The number of methoxy groups -OCH3 is 2. The zero-order valence-electron chi connectivity index (χ0n) is 20.6. The summed E-state index contributed by atoms with van der Waals surface area (Å²) in [4.78, 5) is 13.7. The number of benzene rings is 2. The highest BCUT2D eigenvalue weighted by atomic mass is 16.5. The maximum atomic E-state index is 13.7. The van der Waals surface area contributed by atoms with E-state index in [-0.39, 0.29) is 22.1 Å². The first-order valence-corrected chi connectivity index (χ1v) is 11.4. The summed E-state index contributed by atoms with van der Waals surface area (Å²) in [6, 6.07) is 5.16. The number of aromatic hydroxyl groups is 1. The topological polar surface area (TPSA) is 98.4 Å². The Morgan fingerprint density at radius 3 is 2.50 bits per heavy atom. The van der Waals surface area contributed by atoms with Gasteiger partial charge in [-0.05, 0) is 71.1 Å². The molecule has 7 nitrogen and oxygen atoms in total. The van der Waals surface area contributed by atoms with Gasteiger partial charge in [0.25, 0.3) is 0 Å². The minimum atomic E-state index is -0.916. The van der Waals surface area contributed by atoms with E-state index in [4.69, 9.17) is 18.6 Å². The third-order valence-electron chi connectivity index (χ3n) is 6.38. The van der Waals surface area contributed by atoms with Crippen LogP contribution >= 0.6 is 0 Å². The monoisotopic (exact) mass is 468 g/mol. The van der Waals surface area contributed by atoms with E-state index in [1.165, 1.54) is 13.4 Å². The molecule has 0 saturated heterocycles. The molecule has 2 N–H and O–H groups in total. The van der Waals surface area contributed by atoms with E-state index in [0.717, 1.165) is 0 Å². The molecule has 0 radical (unpaired) electrons. The minimum Gasteiger partial charge on any atom is -0.507 e. The van der Waals surface area contributed by atoms with Crippen LogP contribution in [0.5, 0.6) is 23.0 Å². The highest BCUT2D eigenvalue weighted by molar-refractivity contribution is 5.93. The molecule has 1 aliphatic heterocycles. The van der Waals surface area contributed by atoms with Gasteiger partial charge >= 0.3 is 0 Å². The van der Waals surface area contributed by atoms with Crippen LogP contribution in [0.25, 0.3) is 22.1 Å². The average molecular weight is 469 g/mol. The van der Waals surface area contributed by atoms with Gasteiger partial charge in [-0.2, -0.15) is 0 Å². The Labute approximate surface area is 198 Å². The first-order chi connectivity index (χ1) is 16.0. The number of phenolic OH excluding ortho intramolecular Hbond substituents is 1. The highest BCUT2D eigenvalue weighted by Crippen LogP contribution is 2.46. The minimum absolute atomic E-state index is 0.108. The van der Waals surface area contributed by atoms with Crippen LogP contribution in [-0.2, 0) is 12.8 Å². The molecule has 4 rings (SSSR count). The molecule has 2 aromatic carbocycles. The quantitative estimate of drug-likeness (QED) is 0.526. The molecule has 7 heteroatoms. The van der Waals surface area contributed by atoms with Gasteiger partial charge in [0.05, 0.1) is 25.4 Å². The fourth-order valence-corrected chi connectivity index (χ4v) is 4.42. The van der Waals surface area contributed by atoms with E-state index in [9.17, 15) is 15.0 Å². The number of ether oxygens (including phenoxy) is 3. The molecule has 3 aromatic rings. The maximum absolute atomic E-state index is 13.7. The summed E-state index contributed by atoms with van der Waals surface area (Å²) >= 11 is 0. The zero-order chi connectivity index (χ0) is 24.8. The van der Waals surface area contributed by atoms with E-state index in [1.807, 2.05) is 13.8 Å². The van der Waals surface area contributed by atoms with Crippen LogP contribution in [-0.4, -0.2) is 35.6 Å². The van der Waals surface area contributed by atoms with E-state index in [1.54, 1.807) is 39.2 Å². The van der Waals surface area contributed by atoms with Crippen molar-refractivity contribution in [2.45, 2.75) is 64.6 Å². The van der Waals surface area contributed by atoms with Crippen LogP contribution in [0.1, 0.15) is 51.7 Å². The Morgan fingerprint density at radius 1 is 1.15 bits per heavy atom. The van der Waals surface area contributed by atoms with Crippen molar-refractivity contribution < 1.29 is 28.8 Å². The fraction of sp³-hybridized carbons (Fsp3) is 0.444. The molecule has 2 heterocycles. The van der Waals surface area contributed by atoms with Gasteiger partial charge in [0, 0.05) is 11.1 Å². The Morgan fingerprint density at radius 2 is 1.85 bits per heavy atom. The molecule has 0 fully saturated rings. The summed E-state index contributed by atoms with van der Waals surface area (Å²) in [7, 11) is 3.07. The second kappa shape index (κ2) is 8.55. The molecule has 0 unspecified atom stereocenters. The summed E-state index contributed by atoms with van der Waals surface area (Å²) in [5.41, 5.74) is 0.783. The molecule has 0 bridgehead atoms. The third-order valence-corrected chi connectivity index (χ3v) is 6.38. The summed E-state index contributed by atoms with van der Waals surface area (Å²) in [5.74, 6) is 1.47. The smallest absolute Gasteiger partial charge is 0.204 e. The Hall–Kier alpha value is -3.19. The molecule has 34 heavy (non-hydrogen) atoms. The number of phenols is 1. The van der Waals surface area contributed by atoms with Gasteiger partial charge in [0.15, 0.2) is 11.5 Å². The van der Waals surface area contributed by atoms with Crippen LogP contribution in [0, 0.1) is 0 Å². The number of aryl methyl sites for hydroxylation is 1. The maximum Gasteiger partial charge on any atom is 0.204 e. The van der Waals surface area contributed by atoms with Gasteiger partial charge in [-0.3, -0.25) is 4.79 Å². The second-order valence-electron chi connectivity index (χ2n) is 10.1. The van der Waals surface area contributed by atoms with Crippen molar-refractivity contribution in [3.63, 3.8) is 0 Å². The molecule has 0 spiro atoms. The van der Waals surface area contributed by atoms with Crippen LogP contribution < -0.4 is 19.6 Å². The van der Waals surface area contributed by atoms with Gasteiger partial charge in [-0.25, -0.2) is 0 Å². The van der Waals surface area contributed by atoms with E-state index >= 15 is 0 Å². The number of aliphatic hydroxyl groups is 1. The lowest BCUT2D eigenvalue weighted by atomic mass is 9.88. The molecular weight excluding hydrogens is 436 g/mol. The Balaban J connectivity index is 1.97. The largest absolute Gasteiger partial charge is 0.507 e. The Kier molecular flexibility index (Phi) is 6.02. The van der Waals surface area contributed by atoms with Gasteiger partial charge in [-0.1, -0.05) is 6.07 Å². The fourth-order valence-electron chi connectivity index (χ4n) is 4.42. The van der Waals surface area contributed by atoms with Crippen LogP contribution in [0.4, 0.5) is 0 Å². The van der Waals surface area contributed by atoms with Crippen LogP contribution in [0.3, 0.4) is 0 Å². The number of hydrogen-bond acceptors (Lipinski definition) is 7. The van der Waals surface area contributed by atoms with Crippen LogP contribution in [0.2, 0.25) is 0 Å². The predicted molar refractivity (Wildman–Crippen MR) is 130 cm³/mol. The summed E-state index contributed by atoms with van der Waals surface area (Å²) in [6.45, 7) is 7.46. The van der Waals surface area contributed by atoms with Gasteiger partial charge in [0.2, 0.25) is 5.43 Å². The number of fused-ring (bicyclic) bond motifs is 2. The van der Waals surface area contributed by atoms with Crippen molar-refractivity contribution in [2.24, 2.45) is 0 Å². The molecule has 1 aromatic heterocycles. The van der Waals surface area contributed by atoms with E-state index in [0.29, 0.717) is 65.2 Å². The SMILES string of the molecule is COc1ccc(-c2coc3c(CCC(C)(C)O)c4c(c(O)c3c2=O)CCC(C)(C)O4)cc1OC. The van der Waals surface area contributed by atoms with Crippen LogP contribution in [0.15, 0.2) is 33.7 Å². The molecule has 0 aliphatic carbocycles. The van der Waals surface area contributed by atoms with Gasteiger partial charge in [-0.15, -0.1) is 0 Å². The standard InChI is InChI=1S/C27H32O7/c1-26(2,30)11-9-17-24-16(10-12-27(3,4)34-24)22(28)21-23(29)18(14-33-25(17)21)15-7-8-19(31-5)20(13-15)32-6/h7-8,13-14,28,30H,9-12H2,1-6H3. The normalized spacial score (nSPS) is 15.0. The molecular formula is C27H32O7. The van der Waals surface area contributed by atoms with Crippen molar-refractivity contribution in [3.05, 3.63) is 45.8 Å². The predicted octanol–water partition coefficient (Wildman–Crippen LogP) is 4.99. The summed E-state index contributed by atoms with van der Waals surface area (Å²) in [5, 5.41) is 21.7. The lowest BCUT2D eigenvalue weighted by Crippen LogP contribution is -2.33. The first kappa shape index (κ1) is 24.0. The number of rotatable bonds is 6. The van der Waals surface area contributed by atoms with Crippen molar-refractivity contribution >= 4 is 11.0 Å². The molecule has 182 valence electrons. The van der Waals surface area contributed by atoms with Gasteiger partial charge < -0.3 is 28.8 Å². The third kappa shape index (κ3) is 4.32. The van der Waals surface area contributed by atoms with Crippen molar-refractivity contribution in [3.8, 4) is 34.1 Å². The van der Waals surface area contributed by atoms with Crippen molar-refractivity contribution in [2.75, 3.05) is 14.2 Å². The summed E-state index contributed by atoms with van der Waals surface area (Å²) in [6.07, 6.45) is 3.53. The first-order valence-electron chi connectivity index (χ1n) is 11.4. The summed E-state index contributed by atoms with van der Waals surface area (Å²) < 4.78 is 23.0. The van der Waals surface area contributed by atoms with Gasteiger partial charge in [0.1, 0.15) is 34.3 Å². The second-order valence-corrected chi connectivity index (χ2v) is 10.1. The molecule has 1 aliphatic rings. The lowest BCUT2D eigenvalue weighted by molar-refractivity contribution is 0.0684. The average Bonchev–Trinajstić information content (AvgIpc) is 2.77. The van der Waals surface area contributed by atoms with Crippen molar-refractivity contribution in [1.29, 1.82) is 0 Å². The lowest BCUT2D eigenvalue weighted by Gasteiger charge is -2.35. The number of hydrogen-bond donors (Lipinski definition) is 2. The zero-order valence-corrected chi connectivity index (χ0v) is 20.6. The molecule has 0 saturated carbocycles. The van der Waals surface area contributed by atoms with E-state index < -0.39 is 11.2 Å².